The van der Waals surface area contributed by atoms with Crippen LogP contribution >= 0.6 is 0 Å². The highest BCUT2D eigenvalue weighted by Crippen LogP contribution is 2.45. The van der Waals surface area contributed by atoms with E-state index >= 15 is 0 Å². The van der Waals surface area contributed by atoms with Gasteiger partial charge in [-0.1, -0.05) is 44.2 Å². The summed E-state index contributed by atoms with van der Waals surface area (Å²) in [5.74, 6) is -1.96. The number of fused-ring (bicyclic) bond motifs is 1. The molecule has 2 aliphatic carbocycles. The molecule has 0 bridgehead atoms. The molecule has 10 heteroatoms. The van der Waals surface area contributed by atoms with E-state index in [1.807, 2.05) is 0 Å². The van der Waals surface area contributed by atoms with Crippen molar-refractivity contribution in [3.63, 3.8) is 0 Å². The van der Waals surface area contributed by atoms with Crippen molar-refractivity contribution in [2.24, 2.45) is 0 Å². The number of nitrogens with one attached hydrogen (secondary N) is 1. The molecule has 3 fully saturated rings. The molecule has 35 heavy (non-hydrogen) atoms. The number of amides is 5. The summed E-state index contributed by atoms with van der Waals surface area (Å²) in [4.78, 5) is 68.7. The minimum atomic E-state index is -1.01. The molecule has 0 aromatic heterocycles. The first-order valence-electron chi connectivity index (χ1n) is 12.3. The predicted octanol–water partition coefficient (Wildman–Crippen LogP) is 2.42. The lowest BCUT2D eigenvalue weighted by atomic mass is 9.81. The molecular weight excluding hydrogens is 452 g/mol. The zero-order valence-electron chi connectivity index (χ0n) is 19.9. The van der Waals surface area contributed by atoms with Gasteiger partial charge >= 0.3 is 12.0 Å². The van der Waals surface area contributed by atoms with Crippen molar-refractivity contribution in [1.82, 2.24) is 9.80 Å². The number of hydrogen-bond donors (Lipinski definition) is 1. The third kappa shape index (κ3) is 3.57. The Morgan fingerprint density at radius 3 is 2.29 bits per heavy atom. The molecule has 186 valence electrons. The number of carbonyl (C=O) groups is 5. The van der Waals surface area contributed by atoms with Crippen molar-refractivity contribution in [3.8, 4) is 0 Å². The number of benzene rings is 1. The minimum Gasteiger partial charge on any atom is -0.454 e. The van der Waals surface area contributed by atoms with Crippen molar-refractivity contribution in [2.45, 2.75) is 68.9 Å². The maximum Gasteiger partial charge on any atom is 0.327 e. The minimum absolute atomic E-state index is 0.234. The van der Waals surface area contributed by atoms with Crippen LogP contribution in [0.2, 0.25) is 0 Å². The van der Waals surface area contributed by atoms with E-state index in [-0.39, 0.29) is 11.8 Å². The van der Waals surface area contributed by atoms with Gasteiger partial charge in [-0.2, -0.15) is 0 Å². The van der Waals surface area contributed by atoms with E-state index in [9.17, 15) is 24.0 Å². The number of imide groups is 1. The Labute approximate surface area is 203 Å². The lowest BCUT2D eigenvalue weighted by Gasteiger charge is -2.44. The third-order valence-electron chi connectivity index (χ3n) is 8.05. The van der Waals surface area contributed by atoms with E-state index in [1.54, 1.807) is 31.3 Å². The Hall–Kier alpha value is -3.43. The summed E-state index contributed by atoms with van der Waals surface area (Å²) in [5, 5.41) is 2.91. The molecule has 0 radical (unpaired) electrons. The van der Waals surface area contributed by atoms with E-state index < -0.39 is 42.1 Å². The first kappa shape index (κ1) is 23.3. The number of urea groups is 1. The number of nitrogens with zero attached hydrogens (tertiary/aromatic N) is 3. The Kier molecular flexibility index (Phi) is 5.77. The van der Waals surface area contributed by atoms with Crippen LogP contribution in [-0.4, -0.2) is 70.8 Å². The van der Waals surface area contributed by atoms with E-state index in [0.29, 0.717) is 37.1 Å². The van der Waals surface area contributed by atoms with Gasteiger partial charge in [-0.3, -0.25) is 29.0 Å². The zero-order chi connectivity index (χ0) is 24.8. The fraction of sp³-hybridized carbons (Fsp3) is 0.560. The van der Waals surface area contributed by atoms with Gasteiger partial charge in [0.2, 0.25) is 0 Å². The number of hydrogen-bond acceptors (Lipinski definition) is 6. The fourth-order valence-electron chi connectivity index (χ4n) is 6.18. The van der Waals surface area contributed by atoms with Crippen LogP contribution in [0.3, 0.4) is 0 Å². The number of esters is 1. The molecule has 1 aromatic rings. The van der Waals surface area contributed by atoms with E-state index in [4.69, 9.17) is 4.74 Å². The molecule has 1 saturated heterocycles. The molecule has 10 nitrogen and oxygen atoms in total. The first-order chi connectivity index (χ1) is 16.8. The molecule has 2 aliphatic heterocycles. The summed E-state index contributed by atoms with van der Waals surface area (Å²) in [6.07, 6.45) is 6.55. The highest BCUT2D eigenvalue weighted by molar-refractivity contribution is 6.15. The largest absolute Gasteiger partial charge is 0.454 e. The van der Waals surface area contributed by atoms with Crippen LogP contribution in [0.15, 0.2) is 24.3 Å². The molecule has 4 aliphatic rings. The second kappa shape index (κ2) is 8.66. The smallest absolute Gasteiger partial charge is 0.327 e. The molecule has 1 N–H and O–H groups in total. The summed E-state index contributed by atoms with van der Waals surface area (Å²) in [6, 6.07) is 6.52. The van der Waals surface area contributed by atoms with Gasteiger partial charge in [0.25, 0.3) is 17.7 Å². The molecule has 0 unspecified atom stereocenters. The van der Waals surface area contributed by atoms with Gasteiger partial charge in [-0.05, 0) is 37.8 Å². The highest BCUT2D eigenvalue weighted by Gasteiger charge is 2.56. The maximum absolute atomic E-state index is 13.3. The quantitative estimate of drug-likeness (QED) is 0.521. The number of para-hydroxylation sites is 2. The van der Waals surface area contributed by atoms with Crippen LogP contribution in [-0.2, 0) is 23.9 Å². The summed E-state index contributed by atoms with van der Waals surface area (Å²) in [6.45, 7) is -1.13. The average molecular weight is 483 g/mol. The molecule has 2 heterocycles. The summed E-state index contributed by atoms with van der Waals surface area (Å²) in [7, 11) is 1.60. The fourth-order valence-corrected chi connectivity index (χ4v) is 6.18. The lowest BCUT2D eigenvalue weighted by Crippen LogP contribution is -2.61. The Balaban J connectivity index is 1.29. The van der Waals surface area contributed by atoms with Crippen molar-refractivity contribution < 1.29 is 28.7 Å². The normalized spacial score (nSPS) is 22.5. The molecule has 1 aromatic carbocycles. The van der Waals surface area contributed by atoms with E-state index in [0.717, 1.165) is 37.0 Å². The van der Waals surface area contributed by atoms with Crippen molar-refractivity contribution in [3.05, 3.63) is 24.3 Å². The van der Waals surface area contributed by atoms with Crippen LogP contribution in [0, 0.1) is 0 Å². The SMILES string of the molecule is CN1C(=O)N(CC(=O)OCC(=O)N2c3ccccc3NC(=O)C23CCCC3)C(=O)C12CCCCC2. The Morgan fingerprint density at radius 2 is 1.57 bits per heavy atom. The Bertz CT molecular complexity index is 1090. The van der Waals surface area contributed by atoms with Gasteiger partial charge in [0.1, 0.15) is 17.6 Å². The molecule has 0 atom stereocenters. The van der Waals surface area contributed by atoms with Crippen LogP contribution in [0.5, 0.6) is 0 Å². The summed E-state index contributed by atoms with van der Waals surface area (Å²) in [5.41, 5.74) is -0.787. The molecule has 2 spiro atoms. The Morgan fingerprint density at radius 1 is 0.943 bits per heavy atom. The van der Waals surface area contributed by atoms with Gasteiger partial charge < -0.3 is 15.0 Å². The van der Waals surface area contributed by atoms with Gasteiger partial charge in [0.15, 0.2) is 6.61 Å². The van der Waals surface area contributed by atoms with Crippen LogP contribution in [0.4, 0.5) is 16.2 Å². The molecule has 2 saturated carbocycles. The van der Waals surface area contributed by atoms with Gasteiger partial charge in [-0.15, -0.1) is 0 Å². The highest BCUT2D eigenvalue weighted by atomic mass is 16.5. The number of carbonyl (C=O) groups excluding carboxylic acids is 5. The second-order valence-corrected chi connectivity index (χ2v) is 9.92. The second-order valence-electron chi connectivity index (χ2n) is 9.92. The van der Waals surface area contributed by atoms with Gasteiger partial charge in [0.05, 0.1) is 11.4 Å². The van der Waals surface area contributed by atoms with Gasteiger partial charge in [0, 0.05) is 7.05 Å². The maximum atomic E-state index is 13.3. The van der Waals surface area contributed by atoms with Gasteiger partial charge in [-0.25, -0.2) is 4.79 Å². The third-order valence-corrected chi connectivity index (χ3v) is 8.05. The summed E-state index contributed by atoms with van der Waals surface area (Å²) >= 11 is 0. The monoisotopic (exact) mass is 482 g/mol. The topological polar surface area (TPSA) is 116 Å². The number of rotatable bonds is 4. The molecule has 5 amide bonds. The molecule has 5 rings (SSSR count). The first-order valence-corrected chi connectivity index (χ1v) is 12.3. The summed E-state index contributed by atoms with van der Waals surface area (Å²) < 4.78 is 5.25. The predicted molar refractivity (Wildman–Crippen MR) is 125 cm³/mol. The van der Waals surface area contributed by atoms with Crippen LogP contribution < -0.4 is 10.2 Å². The lowest BCUT2D eigenvalue weighted by molar-refractivity contribution is -0.151. The van der Waals surface area contributed by atoms with Crippen LogP contribution in [0.25, 0.3) is 0 Å². The van der Waals surface area contributed by atoms with E-state index in [2.05, 4.69) is 5.32 Å². The van der Waals surface area contributed by atoms with Crippen LogP contribution in [0.1, 0.15) is 57.8 Å². The molecular formula is C25H30N4O6. The van der Waals surface area contributed by atoms with Crippen molar-refractivity contribution >= 4 is 41.1 Å². The van der Waals surface area contributed by atoms with Crippen molar-refractivity contribution in [2.75, 3.05) is 30.4 Å². The van der Waals surface area contributed by atoms with Crippen molar-refractivity contribution in [1.29, 1.82) is 0 Å². The number of likely N-dealkylation sites (N-methyl/N-ethyl adjacent to an activating group) is 1. The zero-order valence-corrected chi connectivity index (χ0v) is 19.9. The standard InChI is InChI=1S/C25H30N4O6/c1-27-23(34)28(22(33)25(27)13-5-2-6-14-25)15-20(31)35-16-19(30)29-18-10-4-3-9-17(18)26-21(32)24(29)11-7-8-12-24/h3-4,9-10H,2,5-8,11-16H2,1H3,(H,26,32). The average Bonchev–Trinajstić information content (AvgIpc) is 3.41. The number of ether oxygens (including phenoxy) is 1. The van der Waals surface area contributed by atoms with E-state index in [1.165, 1.54) is 9.80 Å². The number of anilines is 2.